The van der Waals surface area contributed by atoms with Crippen molar-refractivity contribution in [3.8, 4) is 0 Å². The maximum atomic E-state index is 3.77. The molecule has 21 heavy (non-hydrogen) atoms. The van der Waals surface area contributed by atoms with Crippen LogP contribution in [0.3, 0.4) is 0 Å². The highest BCUT2D eigenvalue weighted by Gasteiger charge is 2.33. The minimum absolute atomic E-state index is 0.760. The van der Waals surface area contributed by atoms with E-state index in [1.54, 1.807) is 5.56 Å². The standard InChI is InChI=1S/C19H29NS/c1-3-14-9-10-18(20-4-2)15(11-14)12-16-13-21-19-8-6-5-7-17(16)19/h5-8,14-16,18,20H,3-4,9-13H2,1-2H3. The van der Waals surface area contributed by atoms with E-state index < -0.39 is 0 Å². The molecule has 1 aliphatic heterocycles. The molecule has 1 aromatic rings. The van der Waals surface area contributed by atoms with Crippen LogP contribution >= 0.6 is 11.8 Å². The van der Waals surface area contributed by atoms with Crippen molar-refractivity contribution in [3.63, 3.8) is 0 Å². The molecule has 3 rings (SSSR count). The molecule has 0 saturated heterocycles. The monoisotopic (exact) mass is 303 g/mol. The molecule has 2 aliphatic rings. The molecule has 4 atom stereocenters. The maximum absolute atomic E-state index is 3.77. The molecule has 0 spiro atoms. The Labute approximate surface area is 134 Å². The van der Waals surface area contributed by atoms with Crippen LogP contribution in [0.1, 0.15) is 57.4 Å². The first-order valence-corrected chi connectivity index (χ1v) is 9.75. The van der Waals surface area contributed by atoms with Crippen LogP contribution < -0.4 is 5.32 Å². The zero-order valence-corrected chi connectivity index (χ0v) is 14.3. The summed E-state index contributed by atoms with van der Waals surface area (Å²) in [5, 5.41) is 3.77. The summed E-state index contributed by atoms with van der Waals surface area (Å²) >= 11 is 2.07. The van der Waals surface area contributed by atoms with Crippen LogP contribution in [-0.4, -0.2) is 18.3 Å². The maximum Gasteiger partial charge on any atom is 0.0107 e. The molecule has 1 saturated carbocycles. The summed E-state index contributed by atoms with van der Waals surface area (Å²) in [5.74, 6) is 3.92. The fourth-order valence-electron chi connectivity index (χ4n) is 4.31. The topological polar surface area (TPSA) is 12.0 Å². The number of hydrogen-bond donors (Lipinski definition) is 1. The highest BCUT2D eigenvalue weighted by atomic mass is 32.2. The number of thioether (sulfide) groups is 1. The second-order valence-corrected chi connectivity index (χ2v) is 7.85. The number of benzene rings is 1. The van der Waals surface area contributed by atoms with Gasteiger partial charge in [-0.15, -0.1) is 11.8 Å². The van der Waals surface area contributed by atoms with Gasteiger partial charge < -0.3 is 5.32 Å². The molecule has 4 unspecified atom stereocenters. The predicted molar refractivity (Wildman–Crippen MR) is 93.1 cm³/mol. The third kappa shape index (κ3) is 3.48. The van der Waals surface area contributed by atoms with Crippen molar-refractivity contribution in [2.75, 3.05) is 12.3 Å². The summed E-state index contributed by atoms with van der Waals surface area (Å²) < 4.78 is 0. The zero-order valence-electron chi connectivity index (χ0n) is 13.5. The summed E-state index contributed by atoms with van der Waals surface area (Å²) in [5.41, 5.74) is 1.62. The first kappa shape index (κ1) is 15.4. The van der Waals surface area contributed by atoms with Gasteiger partial charge in [-0.3, -0.25) is 0 Å². The molecular formula is C19H29NS. The lowest BCUT2D eigenvalue weighted by atomic mass is 9.73. The van der Waals surface area contributed by atoms with Gasteiger partial charge in [-0.25, -0.2) is 0 Å². The average molecular weight is 304 g/mol. The number of hydrogen-bond acceptors (Lipinski definition) is 2. The van der Waals surface area contributed by atoms with Gasteiger partial charge in [0.25, 0.3) is 0 Å². The fraction of sp³-hybridized carbons (Fsp3) is 0.684. The summed E-state index contributed by atoms with van der Waals surface area (Å²) in [6, 6.07) is 9.83. The Morgan fingerprint density at radius 3 is 2.86 bits per heavy atom. The van der Waals surface area contributed by atoms with E-state index >= 15 is 0 Å². The van der Waals surface area contributed by atoms with Gasteiger partial charge in [-0.2, -0.15) is 0 Å². The minimum Gasteiger partial charge on any atom is -0.314 e. The van der Waals surface area contributed by atoms with Gasteiger partial charge >= 0.3 is 0 Å². The Kier molecular flexibility index (Phi) is 5.29. The molecule has 0 radical (unpaired) electrons. The van der Waals surface area contributed by atoms with Gasteiger partial charge in [-0.05, 0) is 61.6 Å². The van der Waals surface area contributed by atoms with E-state index in [-0.39, 0.29) is 0 Å². The second kappa shape index (κ2) is 7.19. The highest BCUT2D eigenvalue weighted by Crippen LogP contribution is 2.45. The van der Waals surface area contributed by atoms with E-state index in [9.17, 15) is 0 Å². The zero-order chi connectivity index (χ0) is 14.7. The van der Waals surface area contributed by atoms with Crippen LogP contribution in [-0.2, 0) is 0 Å². The molecule has 2 heteroatoms. The van der Waals surface area contributed by atoms with Crippen molar-refractivity contribution < 1.29 is 0 Å². The Balaban J connectivity index is 1.69. The van der Waals surface area contributed by atoms with Crippen molar-refractivity contribution in [1.82, 2.24) is 5.32 Å². The third-order valence-electron chi connectivity index (χ3n) is 5.52. The van der Waals surface area contributed by atoms with E-state index in [4.69, 9.17) is 0 Å². The molecule has 1 nitrogen and oxygen atoms in total. The van der Waals surface area contributed by atoms with Gasteiger partial charge in [-0.1, -0.05) is 38.5 Å². The molecule has 0 aromatic heterocycles. The predicted octanol–water partition coefficient (Wildman–Crippen LogP) is 5.07. The van der Waals surface area contributed by atoms with Crippen LogP contribution in [0.5, 0.6) is 0 Å². The Morgan fingerprint density at radius 2 is 2.05 bits per heavy atom. The highest BCUT2D eigenvalue weighted by molar-refractivity contribution is 7.99. The van der Waals surface area contributed by atoms with Crippen molar-refractivity contribution in [2.24, 2.45) is 11.8 Å². The Morgan fingerprint density at radius 1 is 1.19 bits per heavy atom. The lowest BCUT2D eigenvalue weighted by Gasteiger charge is -2.37. The van der Waals surface area contributed by atoms with E-state index in [2.05, 4.69) is 55.2 Å². The van der Waals surface area contributed by atoms with Crippen LogP contribution in [0.15, 0.2) is 29.2 Å². The van der Waals surface area contributed by atoms with Crippen LogP contribution in [0, 0.1) is 11.8 Å². The second-order valence-electron chi connectivity index (χ2n) is 6.79. The number of rotatable bonds is 5. The number of nitrogens with one attached hydrogen (secondary N) is 1. The summed E-state index contributed by atoms with van der Waals surface area (Å²) in [7, 11) is 0. The molecule has 0 bridgehead atoms. The molecule has 1 heterocycles. The summed E-state index contributed by atoms with van der Waals surface area (Å²) in [6.45, 7) is 5.74. The lowest BCUT2D eigenvalue weighted by molar-refractivity contribution is 0.185. The van der Waals surface area contributed by atoms with Crippen molar-refractivity contribution >= 4 is 11.8 Å². The quantitative estimate of drug-likeness (QED) is 0.815. The van der Waals surface area contributed by atoms with Crippen molar-refractivity contribution in [2.45, 2.75) is 62.8 Å². The molecule has 116 valence electrons. The van der Waals surface area contributed by atoms with E-state index in [0.717, 1.165) is 30.3 Å². The molecule has 0 amide bonds. The van der Waals surface area contributed by atoms with E-state index in [1.807, 2.05) is 0 Å². The Hall–Kier alpha value is -0.470. The van der Waals surface area contributed by atoms with E-state index in [0.29, 0.717) is 0 Å². The first-order chi connectivity index (χ1) is 10.3. The van der Waals surface area contributed by atoms with Gasteiger partial charge in [0.05, 0.1) is 0 Å². The smallest absolute Gasteiger partial charge is 0.0107 e. The van der Waals surface area contributed by atoms with Crippen molar-refractivity contribution in [1.29, 1.82) is 0 Å². The normalized spacial score (nSPS) is 32.1. The van der Waals surface area contributed by atoms with Crippen LogP contribution in [0.2, 0.25) is 0 Å². The minimum atomic E-state index is 0.760. The molecule has 1 aliphatic carbocycles. The van der Waals surface area contributed by atoms with Gasteiger partial charge in [0.15, 0.2) is 0 Å². The summed E-state index contributed by atoms with van der Waals surface area (Å²) in [4.78, 5) is 1.53. The molecule has 1 aromatic carbocycles. The van der Waals surface area contributed by atoms with Gasteiger partial charge in [0.1, 0.15) is 0 Å². The fourth-order valence-corrected chi connectivity index (χ4v) is 5.59. The number of fused-ring (bicyclic) bond motifs is 1. The SMILES string of the molecule is CCNC1CCC(CC)CC1CC1CSc2ccccc21. The average Bonchev–Trinajstić information content (AvgIpc) is 2.92. The first-order valence-electron chi connectivity index (χ1n) is 8.76. The Bertz CT molecular complexity index is 459. The largest absolute Gasteiger partial charge is 0.314 e. The van der Waals surface area contributed by atoms with Crippen molar-refractivity contribution in [3.05, 3.63) is 29.8 Å². The van der Waals surface area contributed by atoms with Crippen LogP contribution in [0.4, 0.5) is 0 Å². The van der Waals surface area contributed by atoms with E-state index in [1.165, 1.54) is 42.8 Å². The van der Waals surface area contributed by atoms with Crippen LogP contribution in [0.25, 0.3) is 0 Å². The molecular weight excluding hydrogens is 274 g/mol. The summed E-state index contributed by atoms with van der Waals surface area (Å²) in [6.07, 6.45) is 7.01. The third-order valence-corrected chi connectivity index (χ3v) is 6.77. The molecule has 1 fully saturated rings. The van der Waals surface area contributed by atoms with Gasteiger partial charge in [0.2, 0.25) is 0 Å². The molecule has 1 N–H and O–H groups in total. The lowest BCUT2D eigenvalue weighted by Crippen LogP contribution is -2.41. The van der Waals surface area contributed by atoms with Gasteiger partial charge in [0, 0.05) is 16.7 Å².